The highest BCUT2D eigenvalue weighted by Crippen LogP contribution is 2.29. The zero-order valence-electron chi connectivity index (χ0n) is 17.0. The highest BCUT2D eigenvalue weighted by molar-refractivity contribution is 9.10. The van der Waals surface area contributed by atoms with Crippen LogP contribution in [0.1, 0.15) is 57.9 Å². The van der Waals surface area contributed by atoms with Gasteiger partial charge in [-0.1, -0.05) is 56.0 Å². The summed E-state index contributed by atoms with van der Waals surface area (Å²) >= 11 is 3.48. The molecule has 2 aromatic rings. The van der Waals surface area contributed by atoms with Crippen molar-refractivity contribution in [3.05, 3.63) is 52.5 Å². The highest BCUT2D eigenvalue weighted by atomic mass is 79.9. The summed E-state index contributed by atoms with van der Waals surface area (Å²) in [5.41, 5.74) is 1.80. The van der Waals surface area contributed by atoms with E-state index in [1.807, 2.05) is 42.5 Å². The molecule has 2 aromatic carbocycles. The Balaban J connectivity index is 1.80. The van der Waals surface area contributed by atoms with Crippen LogP contribution in [0.3, 0.4) is 0 Å². The van der Waals surface area contributed by atoms with Gasteiger partial charge in [-0.2, -0.15) is 0 Å². The molecule has 2 rings (SSSR count). The number of benzene rings is 2. The molecule has 0 aliphatic rings. The molecule has 0 radical (unpaired) electrons. The second-order valence-electron chi connectivity index (χ2n) is 7.11. The molecular weight excluding hydrogens is 418 g/mol. The molecule has 0 saturated heterocycles. The molecule has 0 bridgehead atoms. The Morgan fingerprint density at radius 1 is 1.04 bits per heavy atom. The molecule has 0 aliphatic carbocycles. The lowest BCUT2D eigenvalue weighted by atomic mass is 10.0. The van der Waals surface area contributed by atoms with Crippen molar-refractivity contribution in [2.45, 2.75) is 52.4 Å². The minimum absolute atomic E-state index is 0.0307. The number of hydrogen-bond donors (Lipinski definition) is 1. The first-order valence-corrected chi connectivity index (χ1v) is 10.7. The largest absolute Gasteiger partial charge is 0.494 e. The number of rotatable bonds is 11. The molecule has 0 unspecified atom stereocenters. The van der Waals surface area contributed by atoms with Gasteiger partial charge in [-0.05, 0) is 60.4 Å². The summed E-state index contributed by atoms with van der Waals surface area (Å²) in [5, 5.41) is 2.85. The van der Waals surface area contributed by atoms with Crippen LogP contribution in [-0.4, -0.2) is 19.1 Å². The van der Waals surface area contributed by atoms with Crippen LogP contribution in [-0.2, 0) is 4.79 Å². The lowest BCUT2D eigenvalue weighted by Crippen LogP contribution is -2.20. The standard InChI is InChI=1S/C23H30BrNO3/c1-4-5-6-7-14-27-20-11-9-19(10-12-20)25-23(26)16-28-22-13-8-18(24)15-21(22)17(2)3/h8-13,15,17H,4-7,14,16H2,1-3H3,(H,25,26). The normalized spacial score (nSPS) is 10.8. The predicted molar refractivity (Wildman–Crippen MR) is 118 cm³/mol. The van der Waals surface area contributed by atoms with Crippen molar-refractivity contribution in [1.29, 1.82) is 0 Å². The molecule has 1 N–H and O–H groups in total. The predicted octanol–water partition coefficient (Wildman–Crippen LogP) is 6.55. The molecule has 0 fully saturated rings. The Labute approximate surface area is 176 Å². The molecular formula is C23H30BrNO3. The van der Waals surface area contributed by atoms with Crippen LogP contribution in [0.25, 0.3) is 0 Å². The molecule has 5 heteroatoms. The monoisotopic (exact) mass is 447 g/mol. The first-order chi connectivity index (χ1) is 13.5. The molecule has 4 nitrogen and oxygen atoms in total. The number of ether oxygens (including phenoxy) is 2. The Morgan fingerprint density at radius 2 is 1.79 bits per heavy atom. The molecule has 0 heterocycles. The average Bonchev–Trinajstić information content (AvgIpc) is 2.68. The second kappa shape index (κ2) is 11.7. The zero-order valence-corrected chi connectivity index (χ0v) is 18.6. The SMILES string of the molecule is CCCCCCOc1ccc(NC(=O)COc2ccc(Br)cc2C(C)C)cc1. The summed E-state index contributed by atoms with van der Waals surface area (Å²) in [6, 6.07) is 13.3. The second-order valence-corrected chi connectivity index (χ2v) is 8.02. The van der Waals surface area contributed by atoms with Gasteiger partial charge in [-0.25, -0.2) is 0 Å². The Bertz CT molecular complexity index is 744. The third kappa shape index (κ3) is 7.55. The van der Waals surface area contributed by atoms with Crippen LogP contribution in [0.2, 0.25) is 0 Å². The van der Waals surface area contributed by atoms with E-state index in [1.165, 1.54) is 19.3 Å². The van der Waals surface area contributed by atoms with Crippen molar-refractivity contribution in [2.75, 3.05) is 18.5 Å². The minimum atomic E-state index is -0.189. The Kier molecular flexibility index (Phi) is 9.35. The summed E-state index contributed by atoms with van der Waals surface area (Å²) in [6.07, 6.45) is 4.73. The Morgan fingerprint density at radius 3 is 2.46 bits per heavy atom. The molecule has 0 atom stereocenters. The van der Waals surface area contributed by atoms with E-state index in [1.54, 1.807) is 0 Å². The maximum atomic E-state index is 12.2. The maximum absolute atomic E-state index is 12.2. The summed E-state index contributed by atoms with van der Waals surface area (Å²) in [4.78, 5) is 12.2. The highest BCUT2D eigenvalue weighted by Gasteiger charge is 2.11. The zero-order chi connectivity index (χ0) is 20.4. The third-order valence-electron chi connectivity index (χ3n) is 4.36. The fourth-order valence-electron chi connectivity index (χ4n) is 2.80. The first kappa shape index (κ1) is 22.3. The first-order valence-electron chi connectivity index (χ1n) is 9.94. The van der Waals surface area contributed by atoms with Gasteiger partial charge in [0.2, 0.25) is 0 Å². The number of anilines is 1. The molecule has 0 aliphatic heterocycles. The molecule has 28 heavy (non-hydrogen) atoms. The third-order valence-corrected chi connectivity index (χ3v) is 4.85. The Hall–Kier alpha value is -2.01. The van der Waals surface area contributed by atoms with E-state index in [2.05, 4.69) is 42.0 Å². The summed E-state index contributed by atoms with van der Waals surface area (Å²) < 4.78 is 12.5. The van der Waals surface area contributed by atoms with Crippen LogP contribution in [0.4, 0.5) is 5.69 Å². The van der Waals surface area contributed by atoms with Gasteiger partial charge in [0, 0.05) is 10.2 Å². The quantitative estimate of drug-likeness (QED) is 0.397. The molecule has 0 spiro atoms. The van der Waals surface area contributed by atoms with Crippen molar-refractivity contribution in [2.24, 2.45) is 0 Å². The van der Waals surface area contributed by atoms with Gasteiger partial charge in [0.1, 0.15) is 11.5 Å². The molecule has 0 saturated carbocycles. The van der Waals surface area contributed by atoms with Crippen molar-refractivity contribution in [3.8, 4) is 11.5 Å². The van der Waals surface area contributed by atoms with Gasteiger partial charge in [-0.3, -0.25) is 4.79 Å². The molecule has 1 amide bonds. The van der Waals surface area contributed by atoms with Crippen molar-refractivity contribution in [1.82, 2.24) is 0 Å². The van der Waals surface area contributed by atoms with E-state index >= 15 is 0 Å². The van der Waals surface area contributed by atoms with Gasteiger partial charge < -0.3 is 14.8 Å². The van der Waals surface area contributed by atoms with E-state index in [0.29, 0.717) is 5.92 Å². The lowest BCUT2D eigenvalue weighted by Gasteiger charge is -2.14. The molecule has 152 valence electrons. The minimum Gasteiger partial charge on any atom is -0.494 e. The van der Waals surface area contributed by atoms with Crippen molar-refractivity contribution < 1.29 is 14.3 Å². The fourth-order valence-corrected chi connectivity index (χ4v) is 3.17. The number of hydrogen-bond acceptors (Lipinski definition) is 3. The van der Waals surface area contributed by atoms with Crippen LogP contribution in [0.15, 0.2) is 46.9 Å². The van der Waals surface area contributed by atoms with E-state index in [-0.39, 0.29) is 12.5 Å². The van der Waals surface area contributed by atoms with E-state index in [4.69, 9.17) is 9.47 Å². The van der Waals surface area contributed by atoms with Gasteiger partial charge in [-0.15, -0.1) is 0 Å². The molecule has 0 aromatic heterocycles. The van der Waals surface area contributed by atoms with Gasteiger partial charge in [0.05, 0.1) is 6.61 Å². The van der Waals surface area contributed by atoms with Crippen molar-refractivity contribution in [3.63, 3.8) is 0 Å². The van der Waals surface area contributed by atoms with Gasteiger partial charge in [0.25, 0.3) is 5.91 Å². The average molecular weight is 448 g/mol. The van der Waals surface area contributed by atoms with E-state index < -0.39 is 0 Å². The van der Waals surface area contributed by atoms with Crippen LogP contribution in [0, 0.1) is 0 Å². The number of halogens is 1. The smallest absolute Gasteiger partial charge is 0.262 e. The number of amides is 1. The number of unbranched alkanes of at least 4 members (excludes halogenated alkanes) is 3. The van der Waals surface area contributed by atoms with Crippen LogP contribution >= 0.6 is 15.9 Å². The maximum Gasteiger partial charge on any atom is 0.262 e. The fraction of sp³-hybridized carbons (Fsp3) is 0.435. The summed E-state index contributed by atoms with van der Waals surface area (Å²) in [5.74, 6) is 1.68. The number of carbonyl (C=O) groups excluding carboxylic acids is 1. The van der Waals surface area contributed by atoms with Crippen LogP contribution in [0.5, 0.6) is 11.5 Å². The van der Waals surface area contributed by atoms with E-state index in [0.717, 1.165) is 40.3 Å². The van der Waals surface area contributed by atoms with Crippen molar-refractivity contribution >= 4 is 27.5 Å². The van der Waals surface area contributed by atoms with E-state index in [9.17, 15) is 4.79 Å². The van der Waals surface area contributed by atoms with Gasteiger partial charge in [0.15, 0.2) is 6.61 Å². The summed E-state index contributed by atoms with van der Waals surface area (Å²) in [6.45, 7) is 7.09. The number of carbonyl (C=O) groups is 1. The van der Waals surface area contributed by atoms with Gasteiger partial charge >= 0.3 is 0 Å². The topological polar surface area (TPSA) is 47.6 Å². The lowest BCUT2D eigenvalue weighted by molar-refractivity contribution is -0.118. The van der Waals surface area contributed by atoms with Crippen LogP contribution < -0.4 is 14.8 Å². The number of nitrogens with one attached hydrogen (secondary N) is 1. The summed E-state index contributed by atoms with van der Waals surface area (Å²) in [7, 11) is 0.